The quantitative estimate of drug-likeness (QED) is 0.616. The molecular weight excluding hydrogens is 396 g/mol. The Bertz CT molecular complexity index is 926. The third kappa shape index (κ3) is 4.87. The molecule has 0 aliphatic heterocycles. The molecule has 0 bridgehead atoms. The number of carbonyl (C=O) groups is 1. The number of nitrogens with zero attached hydrogens (tertiary/aromatic N) is 1. The molecule has 6 nitrogen and oxygen atoms in total. The van der Waals surface area contributed by atoms with Gasteiger partial charge in [-0.2, -0.15) is 4.31 Å². The Hall–Kier alpha value is -2.03. The molecule has 0 saturated carbocycles. The van der Waals surface area contributed by atoms with Crippen LogP contribution in [0.15, 0.2) is 52.3 Å². The molecule has 0 unspecified atom stereocenters. The van der Waals surface area contributed by atoms with Crippen LogP contribution in [0.25, 0.3) is 0 Å². The van der Waals surface area contributed by atoms with Crippen LogP contribution in [-0.2, 0) is 10.0 Å². The van der Waals surface area contributed by atoms with Gasteiger partial charge in [0, 0.05) is 18.0 Å². The molecule has 0 atom stereocenters. The van der Waals surface area contributed by atoms with Crippen molar-refractivity contribution in [1.82, 2.24) is 4.31 Å². The number of thioether (sulfide) groups is 1. The molecule has 1 amide bonds. The van der Waals surface area contributed by atoms with E-state index in [0.717, 1.165) is 10.6 Å². The van der Waals surface area contributed by atoms with Crippen LogP contribution in [-0.4, -0.2) is 44.6 Å². The van der Waals surface area contributed by atoms with Gasteiger partial charge < -0.3 is 10.1 Å². The zero-order chi connectivity index (χ0) is 20.7. The average Bonchev–Trinajstić information content (AvgIpc) is 2.69. The minimum atomic E-state index is -3.64. The first-order valence-electron chi connectivity index (χ1n) is 9.10. The van der Waals surface area contributed by atoms with Gasteiger partial charge in [0.05, 0.1) is 23.3 Å². The topological polar surface area (TPSA) is 75.7 Å². The average molecular weight is 423 g/mol. The van der Waals surface area contributed by atoms with Crippen molar-refractivity contribution in [2.75, 3.05) is 31.3 Å². The highest BCUT2D eigenvalue weighted by Crippen LogP contribution is 2.30. The summed E-state index contributed by atoms with van der Waals surface area (Å²) in [5.74, 6) is 0.922. The van der Waals surface area contributed by atoms with E-state index in [1.54, 1.807) is 43.8 Å². The molecule has 0 aliphatic carbocycles. The van der Waals surface area contributed by atoms with Crippen molar-refractivity contribution in [3.63, 3.8) is 0 Å². The second-order valence-electron chi connectivity index (χ2n) is 5.83. The van der Waals surface area contributed by atoms with E-state index in [0.29, 0.717) is 30.1 Å². The Labute approximate surface area is 171 Å². The number of amides is 1. The largest absolute Gasteiger partial charge is 0.495 e. The fraction of sp³-hybridized carbons (Fsp3) is 0.350. The number of sulfonamides is 1. The summed E-state index contributed by atoms with van der Waals surface area (Å²) in [5, 5.41) is 2.80. The monoisotopic (exact) mass is 422 g/mol. The number of carbonyl (C=O) groups excluding carboxylic acids is 1. The second kappa shape index (κ2) is 9.95. The van der Waals surface area contributed by atoms with Crippen molar-refractivity contribution in [2.24, 2.45) is 0 Å². The van der Waals surface area contributed by atoms with Gasteiger partial charge in [-0.05, 0) is 36.1 Å². The zero-order valence-corrected chi connectivity index (χ0v) is 18.2. The normalized spacial score (nSPS) is 11.5. The fourth-order valence-corrected chi connectivity index (χ4v) is 5.07. The van der Waals surface area contributed by atoms with E-state index in [1.165, 1.54) is 23.5 Å². The molecule has 0 fully saturated rings. The van der Waals surface area contributed by atoms with Gasteiger partial charge in [-0.3, -0.25) is 4.79 Å². The van der Waals surface area contributed by atoms with Crippen LogP contribution in [0.5, 0.6) is 5.75 Å². The van der Waals surface area contributed by atoms with Crippen LogP contribution in [0.2, 0.25) is 0 Å². The van der Waals surface area contributed by atoms with E-state index >= 15 is 0 Å². The lowest BCUT2D eigenvalue weighted by molar-refractivity contribution is 0.102. The third-order valence-corrected chi connectivity index (χ3v) is 7.20. The molecule has 1 N–H and O–H groups in total. The molecule has 152 valence electrons. The Morgan fingerprint density at radius 3 is 2.39 bits per heavy atom. The van der Waals surface area contributed by atoms with Crippen molar-refractivity contribution < 1.29 is 17.9 Å². The molecule has 0 radical (unpaired) electrons. The summed E-state index contributed by atoms with van der Waals surface area (Å²) in [6, 6.07) is 11.8. The third-order valence-electron chi connectivity index (χ3n) is 4.19. The van der Waals surface area contributed by atoms with Crippen molar-refractivity contribution in [3.8, 4) is 5.75 Å². The van der Waals surface area contributed by atoms with Gasteiger partial charge in [0.15, 0.2) is 0 Å². The predicted octanol–water partition coefficient (Wildman–Crippen LogP) is 4.09. The smallest absolute Gasteiger partial charge is 0.256 e. The maximum atomic E-state index is 12.8. The number of rotatable bonds is 9. The van der Waals surface area contributed by atoms with Crippen molar-refractivity contribution >= 4 is 33.4 Å². The standard InChI is InChI=1S/C20H26N2O4S2/c1-5-22(6-2)28(24,25)15-12-13-18(26-4)17(14-15)21-20(23)16-10-8-9-11-19(16)27-7-3/h8-14H,5-7H2,1-4H3,(H,21,23). The number of methoxy groups -OCH3 is 1. The highest BCUT2D eigenvalue weighted by molar-refractivity contribution is 7.99. The van der Waals surface area contributed by atoms with Crippen LogP contribution in [0.4, 0.5) is 5.69 Å². The molecule has 0 saturated heterocycles. The van der Waals surface area contributed by atoms with Gasteiger partial charge in [0.25, 0.3) is 5.91 Å². The highest BCUT2D eigenvalue weighted by Gasteiger charge is 2.23. The SMILES string of the molecule is CCSc1ccccc1C(=O)Nc1cc(S(=O)(=O)N(CC)CC)ccc1OC. The first-order chi connectivity index (χ1) is 13.4. The molecule has 2 rings (SSSR count). The molecular formula is C20H26N2O4S2. The van der Waals surface area contributed by atoms with Gasteiger partial charge in [-0.25, -0.2) is 8.42 Å². The van der Waals surface area contributed by atoms with E-state index in [-0.39, 0.29) is 10.8 Å². The summed E-state index contributed by atoms with van der Waals surface area (Å²) in [7, 11) is -2.17. The molecule has 8 heteroatoms. The number of hydrogen-bond donors (Lipinski definition) is 1. The van der Waals surface area contributed by atoms with Crippen molar-refractivity contribution in [1.29, 1.82) is 0 Å². The van der Waals surface area contributed by atoms with Crippen LogP contribution in [0, 0.1) is 0 Å². The molecule has 2 aromatic rings. The minimum absolute atomic E-state index is 0.114. The van der Waals surface area contributed by atoms with Gasteiger partial charge >= 0.3 is 0 Å². The van der Waals surface area contributed by atoms with E-state index < -0.39 is 10.0 Å². The lowest BCUT2D eigenvalue weighted by Gasteiger charge is -2.20. The molecule has 0 aromatic heterocycles. The van der Waals surface area contributed by atoms with E-state index in [9.17, 15) is 13.2 Å². The Kier molecular flexibility index (Phi) is 7.91. The summed E-state index contributed by atoms with van der Waals surface area (Å²) in [6.45, 7) is 6.33. The number of benzene rings is 2. The van der Waals surface area contributed by atoms with Crippen LogP contribution in [0.3, 0.4) is 0 Å². The maximum Gasteiger partial charge on any atom is 0.256 e. The van der Waals surface area contributed by atoms with Gasteiger partial charge in [0.1, 0.15) is 5.75 Å². The first-order valence-corrected chi connectivity index (χ1v) is 11.5. The zero-order valence-electron chi connectivity index (χ0n) is 16.6. The Morgan fingerprint density at radius 1 is 1.11 bits per heavy atom. The molecule has 2 aromatic carbocycles. The van der Waals surface area contributed by atoms with Crippen molar-refractivity contribution in [3.05, 3.63) is 48.0 Å². The van der Waals surface area contributed by atoms with Crippen LogP contribution >= 0.6 is 11.8 Å². The second-order valence-corrected chi connectivity index (χ2v) is 9.08. The summed E-state index contributed by atoms with van der Waals surface area (Å²) in [6.07, 6.45) is 0. The minimum Gasteiger partial charge on any atom is -0.495 e. The Balaban J connectivity index is 2.42. The number of ether oxygens (including phenoxy) is 1. The number of anilines is 1. The van der Waals surface area contributed by atoms with E-state index in [1.807, 2.05) is 19.1 Å². The Morgan fingerprint density at radius 2 is 1.79 bits per heavy atom. The predicted molar refractivity (Wildman–Crippen MR) is 114 cm³/mol. The first kappa shape index (κ1) is 22.3. The lowest BCUT2D eigenvalue weighted by atomic mass is 10.2. The maximum absolute atomic E-state index is 12.8. The van der Waals surface area contributed by atoms with Gasteiger partial charge in [-0.15, -0.1) is 11.8 Å². The van der Waals surface area contributed by atoms with E-state index in [2.05, 4.69) is 5.32 Å². The van der Waals surface area contributed by atoms with Crippen LogP contribution in [0.1, 0.15) is 31.1 Å². The lowest BCUT2D eigenvalue weighted by Crippen LogP contribution is -2.30. The number of hydrogen-bond acceptors (Lipinski definition) is 5. The van der Waals surface area contributed by atoms with E-state index in [4.69, 9.17) is 4.74 Å². The highest BCUT2D eigenvalue weighted by atomic mass is 32.2. The summed E-state index contributed by atoms with van der Waals surface area (Å²) in [4.78, 5) is 13.8. The summed E-state index contributed by atoms with van der Waals surface area (Å²) in [5.41, 5.74) is 0.852. The molecule has 0 spiro atoms. The van der Waals surface area contributed by atoms with Gasteiger partial charge in [0.2, 0.25) is 10.0 Å². The molecule has 0 aliphatic rings. The number of nitrogens with one attached hydrogen (secondary N) is 1. The van der Waals surface area contributed by atoms with Gasteiger partial charge in [-0.1, -0.05) is 32.9 Å². The van der Waals surface area contributed by atoms with Crippen LogP contribution < -0.4 is 10.1 Å². The molecule has 28 heavy (non-hydrogen) atoms. The fourth-order valence-electron chi connectivity index (χ4n) is 2.78. The van der Waals surface area contributed by atoms with Crippen molar-refractivity contribution in [2.45, 2.75) is 30.6 Å². The summed E-state index contributed by atoms with van der Waals surface area (Å²) < 4.78 is 32.3. The molecule has 0 heterocycles. The summed E-state index contributed by atoms with van der Waals surface area (Å²) >= 11 is 1.57.